The highest BCUT2D eigenvalue weighted by Crippen LogP contribution is 2.29. The summed E-state index contributed by atoms with van der Waals surface area (Å²) < 4.78 is 0. The van der Waals surface area contributed by atoms with Crippen LogP contribution in [-0.4, -0.2) is 5.84 Å². The Labute approximate surface area is 128 Å². The maximum Gasteiger partial charge on any atom is 0.123 e. The first-order valence-electron chi connectivity index (χ1n) is 6.29. The SMILES string of the molecule is Cc1cc(C)cc(CSc2cc(Cl)ccc2C(=N)N)c1. The lowest BCUT2D eigenvalue weighted by molar-refractivity contribution is 1.29. The number of nitrogens with two attached hydrogens (primary N) is 1. The normalized spacial score (nSPS) is 10.6. The van der Waals surface area contributed by atoms with Gasteiger partial charge in [-0.2, -0.15) is 0 Å². The van der Waals surface area contributed by atoms with E-state index in [4.69, 9.17) is 22.7 Å². The van der Waals surface area contributed by atoms with Gasteiger partial charge in [-0.05, 0) is 37.6 Å². The molecule has 4 heteroatoms. The number of amidine groups is 1. The van der Waals surface area contributed by atoms with Crippen molar-refractivity contribution in [2.24, 2.45) is 5.73 Å². The summed E-state index contributed by atoms with van der Waals surface area (Å²) >= 11 is 7.68. The molecule has 0 radical (unpaired) electrons. The number of hydrogen-bond donors (Lipinski definition) is 2. The zero-order chi connectivity index (χ0) is 14.7. The van der Waals surface area contributed by atoms with Crippen LogP contribution in [0.1, 0.15) is 22.3 Å². The average Bonchev–Trinajstić information content (AvgIpc) is 2.35. The molecule has 0 spiro atoms. The van der Waals surface area contributed by atoms with Gasteiger partial charge in [0.15, 0.2) is 0 Å². The third-order valence-electron chi connectivity index (χ3n) is 2.91. The van der Waals surface area contributed by atoms with Crippen LogP contribution in [0.2, 0.25) is 5.02 Å². The Morgan fingerprint density at radius 1 is 1.15 bits per heavy atom. The molecule has 0 heterocycles. The molecule has 2 aromatic rings. The molecule has 0 saturated heterocycles. The van der Waals surface area contributed by atoms with Crippen molar-refractivity contribution in [1.82, 2.24) is 0 Å². The van der Waals surface area contributed by atoms with Gasteiger partial charge in [0.25, 0.3) is 0 Å². The molecule has 0 saturated carbocycles. The molecule has 0 aliphatic heterocycles. The average molecular weight is 305 g/mol. The quantitative estimate of drug-likeness (QED) is 0.495. The maximum absolute atomic E-state index is 7.62. The summed E-state index contributed by atoms with van der Waals surface area (Å²) in [6.07, 6.45) is 0. The second-order valence-electron chi connectivity index (χ2n) is 4.84. The Bertz CT molecular complexity index is 633. The van der Waals surface area contributed by atoms with Gasteiger partial charge in [0.2, 0.25) is 0 Å². The van der Waals surface area contributed by atoms with Crippen LogP contribution in [0, 0.1) is 19.3 Å². The highest BCUT2D eigenvalue weighted by Gasteiger charge is 2.07. The predicted molar refractivity (Wildman–Crippen MR) is 87.9 cm³/mol. The molecule has 104 valence electrons. The van der Waals surface area contributed by atoms with Crippen LogP contribution < -0.4 is 5.73 Å². The van der Waals surface area contributed by atoms with Crippen molar-refractivity contribution in [3.05, 3.63) is 63.7 Å². The molecule has 0 aliphatic carbocycles. The monoisotopic (exact) mass is 304 g/mol. The first kappa shape index (κ1) is 14.9. The number of aryl methyl sites for hydroxylation is 2. The van der Waals surface area contributed by atoms with Crippen LogP contribution in [0.4, 0.5) is 0 Å². The van der Waals surface area contributed by atoms with Gasteiger partial charge in [-0.1, -0.05) is 40.9 Å². The van der Waals surface area contributed by atoms with E-state index in [1.165, 1.54) is 16.7 Å². The van der Waals surface area contributed by atoms with E-state index in [2.05, 4.69) is 32.0 Å². The Morgan fingerprint density at radius 3 is 2.40 bits per heavy atom. The Kier molecular flexibility index (Phi) is 4.73. The number of hydrogen-bond acceptors (Lipinski definition) is 2. The Balaban J connectivity index is 2.22. The van der Waals surface area contributed by atoms with Gasteiger partial charge in [0.05, 0.1) is 0 Å². The first-order chi connectivity index (χ1) is 9.45. The van der Waals surface area contributed by atoms with E-state index in [0.29, 0.717) is 5.02 Å². The maximum atomic E-state index is 7.62. The zero-order valence-electron chi connectivity index (χ0n) is 11.5. The van der Waals surface area contributed by atoms with Crippen LogP contribution in [-0.2, 0) is 5.75 Å². The summed E-state index contributed by atoms with van der Waals surface area (Å²) in [5.74, 6) is 0.910. The highest BCUT2D eigenvalue weighted by molar-refractivity contribution is 7.98. The molecule has 0 atom stereocenters. The summed E-state index contributed by atoms with van der Waals surface area (Å²) in [6.45, 7) is 4.20. The molecule has 2 nitrogen and oxygen atoms in total. The van der Waals surface area contributed by atoms with Crippen molar-refractivity contribution in [3.8, 4) is 0 Å². The summed E-state index contributed by atoms with van der Waals surface area (Å²) in [5, 5.41) is 8.28. The Morgan fingerprint density at radius 2 is 1.80 bits per heavy atom. The molecule has 2 aromatic carbocycles. The number of nitrogens with one attached hydrogen (secondary N) is 1. The number of benzene rings is 2. The minimum Gasteiger partial charge on any atom is -0.384 e. The summed E-state index contributed by atoms with van der Waals surface area (Å²) in [7, 11) is 0. The van der Waals surface area contributed by atoms with Crippen LogP contribution in [0.5, 0.6) is 0 Å². The summed E-state index contributed by atoms with van der Waals surface area (Å²) in [4.78, 5) is 0.948. The van der Waals surface area contributed by atoms with Crippen LogP contribution >= 0.6 is 23.4 Å². The molecule has 20 heavy (non-hydrogen) atoms. The van der Waals surface area contributed by atoms with E-state index in [1.54, 1.807) is 23.9 Å². The first-order valence-corrected chi connectivity index (χ1v) is 7.66. The largest absolute Gasteiger partial charge is 0.384 e. The topological polar surface area (TPSA) is 49.9 Å². The number of halogens is 1. The van der Waals surface area contributed by atoms with Gasteiger partial charge in [-0.15, -0.1) is 11.8 Å². The molecule has 0 bridgehead atoms. The molecule has 3 N–H and O–H groups in total. The minimum atomic E-state index is 0.0737. The molecule has 0 aliphatic rings. The van der Waals surface area contributed by atoms with E-state index in [0.717, 1.165) is 16.2 Å². The van der Waals surface area contributed by atoms with E-state index < -0.39 is 0 Å². The molecule has 0 unspecified atom stereocenters. The second kappa shape index (κ2) is 6.33. The third kappa shape index (κ3) is 3.78. The van der Waals surface area contributed by atoms with Crippen molar-refractivity contribution < 1.29 is 0 Å². The van der Waals surface area contributed by atoms with Crippen molar-refractivity contribution in [3.63, 3.8) is 0 Å². The summed E-state index contributed by atoms with van der Waals surface area (Å²) in [5.41, 5.74) is 10.1. The lowest BCUT2D eigenvalue weighted by Crippen LogP contribution is -2.12. The molecule has 0 aromatic heterocycles. The van der Waals surface area contributed by atoms with Gasteiger partial charge >= 0.3 is 0 Å². The van der Waals surface area contributed by atoms with Crippen LogP contribution in [0.25, 0.3) is 0 Å². The minimum absolute atomic E-state index is 0.0737. The third-order valence-corrected chi connectivity index (χ3v) is 4.27. The lowest BCUT2D eigenvalue weighted by Gasteiger charge is -2.09. The number of rotatable bonds is 4. The fourth-order valence-corrected chi connectivity index (χ4v) is 3.42. The predicted octanol–water partition coefficient (Wildman–Crippen LogP) is 4.53. The second-order valence-corrected chi connectivity index (χ2v) is 6.29. The fourth-order valence-electron chi connectivity index (χ4n) is 2.15. The standard InChI is InChI=1S/C16H17ClN2S/c1-10-5-11(2)7-12(6-10)9-20-15-8-13(17)3-4-14(15)16(18)19/h3-8H,9H2,1-2H3,(H3,18,19). The van der Waals surface area contributed by atoms with Gasteiger partial charge < -0.3 is 5.73 Å². The van der Waals surface area contributed by atoms with Gasteiger partial charge in [0, 0.05) is 21.2 Å². The van der Waals surface area contributed by atoms with Crippen molar-refractivity contribution in [1.29, 1.82) is 5.41 Å². The van der Waals surface area contributed by atoms with Crippen molar-refractivity contribution in [2.75, 3.05) is 0 Å². The highest BCUT2D eigenvalue weighted by atomic mass is 35.5. The van der Waals surface area contributed by atoms with E-state index in [9.17, 15) is 0 Å². The van der Waals surface area contributed by atoms with Gasteiger partial charge in [-0.3, -0.25) is 5.41 Å². The summed E-state index contributed by atoms with van der Waals surface area (Å²) in [6, 6.07) is 11.9. The fraction of sp³-hybridized carbons (Fsp3) is 0.188. The number of thioether (sulfide) groups is 1. The molecular formula is C16H17ClN2S. The van der Waals surface area contributed by atoms with E-state index >= 15 is 0 Å². The van der Waals surface area contributed by atoms with Gasteiger partial charge in [0.1, 0.15) is 5.84 Å². The smallest absolute Gasteiger partial charge is 0.123 e. The molecule has 0 amide bonds. The van der Waals surface area contributed by atoms with Crippen molar-refractivity contribution in [2.45, 2.75) is 24.5 Å². The van der Waals surface area contributed by atoms with E-state index in [1.807, 2.05) is 6.07 Å². The zero-order valence-corrected chi connectivity index (χ0v) is 13.1. The van der Waals surface area contributed by atoms with Gasteiger partial charge in [-0.25, -0.2) is 0 Å². The van der Waals surface area contributed by atoms with E-state index in [-0.39, 0.29) is 5.84 Å². The van der Waals surface area contributed by atoms with Crippen molar-refractivity contribution >= 4 is 29.2 Å². The lowest BCUT2D eigenvalue weighted by atomic mass is 10.1. The molecular weight excluding hydrogens is 288 g/mol. The molecule has 2 rings (SSSR count). The van der Waals surface area contributed by atoms with Crippen LogP contribution in [0.3, 0.4) is 0 Å². The van der Waals surface area contributed by atoms with Crippen LogP contribution in [0.15, 0.2) is 41.3 Å². The Hall–Kier alpha value is -1.45. The molecule has 0 fully saturated rings. The number of nitrogen functional groups attached to an aromatic ring is 1.